The van der Waals surface area contributed by atoms with Gasteiger partial charge in [0, 0.05) is 22.9 Å². The number of rotatable bonds is 5. The zero-order chi connectivity index (χ0) is 21.4. The Morgan fingerprint density at radius 2 is 2.03 bits per heavy atom. The van der Waals surface area contributed by atoms with Gasteiger partial charge in [0.2, 0.25) is 0 Å². The Balaban J connectivity index is 1.71. The molecule has 0 bridgehead atoms. The van der Waals surface area contributed by atoms with Gasteiger partial charge in [-0.2, -0.15) is 0 Å². The third kappa shape index (κ3) is 3.46. The SMILES string of the molecule is Cc1c(CO)cc(F)cc1SNc1cccc(-c2nc(C)n3ccnc(N)c23)c1F. The van der Waals surface area contributed by atoms with Crippen LogP contribution in [-0.4, -0.2) is 19.5 Å². The minimum Gasteiger partial charge on any atom is -0.392 e. The summed E-state index contributed by atoms with van der Waals surface area (Å²) in [5.41, 5.74) is 8.65. The standard InChI is InChI=1S/C21H19F2N5OS/c1-11-13(10-29)8-14(22)9-17(11)30-27-16-5-3-4-15(18(16)23)19-20-21(24)25-6-7-28(20)12(2)26-19/h3-9,27,29H,10H2,1-2H3,(H2,24,25). The van der Waals surface area contributed by atoms with E-state index in [0.29, 0.717) is 27.5 Å². The first-order valence-electron chi connectivity index (χ1n) is 9.11. The second-order valence-electron chi connectivity index (χ2n) is 6.76. The number of hydrogen-bond acceptors (Lipinski definition) is 6. The lowest BCUT2D eigenvalue weighted by molar-refractivity contribution is 0.280. The number of imidazole rings is 1. The number of nitrogens with zero attached hydrogens (tertiary/aromatic N) is 3. The van der Waals surface area contributed by atoms with Crippen LogP contribution in [0.25, 0.3) is 16.8 Å². The van der Waals surface area contributed by atoms with Crippen LogP contribution in [0.1, 0.15) is 17.0 Å². The molecule has 2 heterocycles. The Bertz CT molecular complexity index is 1260. The molecule has 0 aliphatic carbocycles. The minimum atomic E-state index is -0.510. The van der Waals surface area contributed by atoms with Crippen molar-refractivity contribution in [2.75, 3.05) is 10.5 Å². The summed E-state index contributed by atoms with van der Waals surface area (Å²) in [5, 5.41) is 9.39. The number of aliphatic hydroxyl groups excluding tert-OH is 1. The summed E-state index contributed by atoms with van der Waals surface area (Å²) in [6, 6.07) is 7.53. The van der Waals surface area contributed by atoms with Gasteiger partial charge >= 0.3 is 0 Å². The lowest BCUT2D eigenvalue weighted by Crippen LogP contribution is -1.99. The molecule has 2 aromatic heterocycles. The molecular weight excluding hydrogens is 408 g/mol. The van der Waals surface area contributed by atoms with E-state index in [0.717, 1.165) is 17.5 Å². The number of nitrogens with two attached hydrogens (primary N) is 1. The van der Waals surface area contributed by atoms with Crippen LogP contribution in [0.3, 0.4) is 0 Å². The Hall–Kier alpha value is -3.17. The summed E-state index contributed by atoms with van der Waals surface area (Å²) < 4.78 is 33.9. The van der Waals surface area contributed by atoms with Crippen LogP contribution in [0.15, 0.2) is 47.6 Å². The smallest absolute Gasteiger partial charge is 0.156 e. The van der Waals surface area contributed by atoms with Gasteiger partial charge in [0.15, 0.2) is 5.82 Å². The molecule has 0 fully saturated rings. The van der Waals surface area contributed by atoms with Crippen molar-refractivity contribution in [1.29, 1.82) is 0 Å². The number of aliphatic hydroxyl groups is 1. The molecular formula is C21H19F2N5OS. The highest BCUT2D eigenvalue weighted by Gasteiger charge is 2.19. The number of nitrogen functional groups attached to an aromatic ring is 1. The molecule has 2 aromatic carbocycles. The molecule has 0 saturated heterocycles. The zero-order valence-electron chi connectivity index (χ0n) is 16.3. The molecule has 4 aromatic rings. The number of halogens is 2. The number of aryl methyl sites for hydroxylation is 1. The fourth-order valence-electron chi connectivity index (χ4n) is 3.28. The van der Waals surface area contributed by atoms with Gasteiger partial charge in [-0.3, -0.25) is 4.40 Å². The van der Waals surface area contributed by atoms with E-state index in [9.17, 15) is 9.50 Å². The molecule has 30 heavy (non-hydrogen) atoms. The number of aromatic nitrogens is 3. The van der Waals surface area contributed by atoms with E-state index in [-0.39, 0.29) is 23.7 Å². The van der Waals surface area contributed by atoms with Gasteiger partial charge in [0.25, 0.3) is 0 Å². The minimum absolute atomic E-state index is 0.216. The Morgan fingerprint density at radius 3 is 2.80 bits per heavy atom. The predicted octanol–water partition coefficient (Wildman–Crippen LogP) is 4.49. The topological polar surface area (TPSA) is 88.5 Å². The Morgan fingerprint density at radius 1 is 1.23 bits per heavy atom. The zero-order valence-corrected chi connectivity index (χ0v) is 17.1. The summed E-state index contributed by atoms with van der Waals surface area (Å²) in [4.78, 5) is 9.12. The predicted molar refractivity (Wildman–Crippen MR) is 114 cm³/mol. The van der Waals surface area contributed by atoms with E-state index < -0.39 is 11.6 Å². The average molecular weight is 427 g/mol. The van der Waals surface area contributed by atoms with Gasteiger partial charge < -0.3 is 15.6 Å². The lowest BCUT2D eigenvalue weighted by atomic mass is 10.1. The van der Waals surface area contributed by atoms with Gasteiger partial charge in [-0.05, 0) is 61.2 Å². The first kappa shape index (κ1) is 20.1. The number of anilines is 2. The van der Waals surface area contributed by atoms with E-state index in [2.05, 4.69) is 14.7 Å². The third-order valence-corrected chi connectivity index (χ3v) is 5.85. The van der Waals surface area contributed by atoms with Crippen molar-refractivity contribution in [3.05, 3.63) is 71.3 Å². The van der Waals surface area contributed by atoms with Gasteiger partial charge in [0.1, 0.15) is 28.7 Å². The van der Waals surface area contributed by atoms with E-state index >= 15 is 4.39 Å². The van der Waals surface area contributed by atoms with Crippen LogP contribution >= 0.6 is 11.9 Å². The van der Waals surface area contributed by atoms with Crippen molar-refractivity contribution in [3.8, 4) is 11.3 Å². The Labute approximate surface area is 175 Å². The van der Waals surface area contributed by atoms with Crippen LogP contribution in [-0.2, 0) is 6.61 Å². The Kier molecular flexibility index (Phi) is 5.31. The van der Waals surface area contributed by atoms with Crippen LogP contribution in [0, 0.1) is 25.5 Å². The quantitative estimate of drug-likeness (QED) is 0.407. The van der Waals surface area contributed by atoms with E-state index in [4.69, 9.17) is 5.73 Å². The molecule has 0 radical (unpaired) electrons. The summed E-state index contributed by atoms with van der Waals surface area (Å²) in [7, 11) is 0. The van der Waals surface area contributed by atoms with Crippen molar-refractivity contribution in [2.45, 2.75) is 25.3 Å². The highest BCUT2D eigenvalue weighted by Crippen LogP contribution is 2.35. The highest BCUT2D eigenvalue weighted by molar-refractivity contribution is 8.00. The van der Waals surface area contributed by atoms with Crippen LogP contribution < -0.4 is 10.5 Å². The molecule has 0 spiro atoms. The van der Waals surface area contributed by atoms with Gasteiger partial charge in [-0.15, -0.1) is 0 Å². The normalized spacial score (nSPS) is 11.2. The van der Waals surface area contributed by atoms with E-state index in [1.165, 1.54) is 12.1 Å². The maximum Gasteiger partial charge on any atom is 0.156 e. The van der Waals surface area contributed by atoms with Gasteiger partial charge in [0.05, 0.1) is 12.3 Å². The average Bonchev–Trinajstić information content (AvgIpc) is 3.07. The second kappa shape index (κ2) is 7.92. The first-order valence-corrected chi connectivity index (χ1v) is 9.93. The van der Waals surface area contributed by atoms with Crippen LogP contribution in [0.2, 0.25) is 0 Å². The van der Waals surface area contributed by atoms with Gasteiger partial charge in [-0.25, -0.2) is 18.7 Å². The highest BCUT2D eigenvalue weighted by atomic mass is 32.2. The maximum absolute atomic E-state index is 15.4. The number of nitrogens with one attached hydrogen (secondary N) is 1. The van der Waals surface area contributed by atoms with Crippen molar-refractivity contribution >= 4 is 29.0 Å². The van der Waals surface area contributed by atoms with Crippen LogP contribution in [0.4, 0.5) is 20.3 Å². The molecule has 0 aliphatic heterocycles. The van der Waals surface area contributed by atoms with Crippen LogP contribution in [0.5, 0.6) is 0 Å². The van der Waals surface area contributed by atoms with E-state index in [1.54, 1.807) is 48.8 Å². The summed E-state index contributed by atoms with van der Waals surface area (Å²) in [5.74, 6) is -0.0592. The fraction of sp³-hybridized carbons (Fsp3) is 0.143. The molecule has 0 unspecified atom stereocenters. The third-order valence-electron chi connectivity index (χ3n) is 4.89. The molecule has 6 nitrogen and oxygen atoms in total. The fourth-order valence-corrected chi connectivity index (χ4v) is 4.12. The second-order valence-corrected chi connectivity index (χ2v) is 7.60. The molecule has 4 rings (SSSR count). The first-order chi connectivity index (χ1) is 14.4. The summed E-state index contributed by atoms with van der Waals surface area (Å²) in [6.45, 7) is 3.30. The number of fused-ring (bicyclic) bond motifs is 1. The molecule has 0 amide bonds. The van der Waals surface area contributed by atoms with Crippen molar-refractivity contribution in [2.24, 2.45) is 0 Å². The van der Waals surface area contributed by atoms with Crippen molar-refractivity contribution in [1.82, 2.24) is 14.4 Å². The molecule has 154 valence electrons. The van der Waals surface area contributed by atoms with Crippen molar-refractivity contribution in [3.63, 3.8) is 0 Å². The summed E-state index contributed by atoms with van der Waals surface area (Å²) in [6.07, 6.45) is 3.28. The molecule has 0 atom stereocenters. The van der Waals surface area contributed by atoms with Crippen molar-refractivity contribution < 1.29 is 13.9 Å². The molecule has 9 heteroatoms. The number of benzene rings is 2. The van der Waals surface area contributed by atoms with E-state index in [1.807, 2.05) is 0 Å². The monoisotopic (exact) mass is 427 g/mol. The van der Waals surface area contributed by atoms with Gasteiger partial charge in [-0.1, -0.05) is 6.07 Å². The largest absolute Gasteiger partial charge is 0.392 e. The summed E-state index contributed by atoms with van der Waals surface area (Å²) >= 11 is 1.07. The number of hydrogen-bond donors (Lipinski definition) is 3. The maximum atomic E-state index is 15.4. The molecule has 0 saturated carbocycles. The lowest BCUT2D eigenvalue weighted by Gasteiger charge is -2.13. The molecule has 0 aliphatic rings. The molecule has 4 N–H and O–H groups in total.